The molecule has 0 bridgehead atoms. The van der Waals surface area contributed by atoms with Crippen molar-refractivity contribution in [1.82, 2.24) is 19.8 Å². The second-order valence-electron chi connectivity index (χ2n) is 8.21. The van der Waals surface area contributed by atoms with E-state index in [1.165, 1.54) is 0 Å². The van der Waals surface area contributed by atoms with Gasteiger partial charge in [0.1, 0.15) is 17.2 Å². The van der Waals surface area contributed by atoms with Gasteiger partial charge in [0, 0.05) is 57.3 Å². The maximum Gasteiger partial charge on any atom is 0.410 e. The summed E-state index contributed by atoms with van der Waals surface area (Å²) in [6.07, 6.45) is 2.96. The van der Waals surface area contributed by atoms with Gasteiger partial charge in [-0.2, -0.15) is 0 Å². The second-order valence-corrected chi connectivity index (χ2v) is 8.21. The number of hydrogen-bond donors (Lipinski definition) is 0. The zero-order chi connectivity index (χ0) is 20.7. The fourth-order valence-electron chi connectivity index (χ4n) is 4.87. The highest BCUT2D eigenvalue weighted by molar-refractivity contribution is 5.94. The molecular weight excluding hydrogens is 382 g/mol. The molecule has 156 valence electrons. The van der Waals surface area contributed by atoms with Crippen LogP contribution in [-0.2, 0) is 4.74 Å². The Balaban J connectivity index is 1.33. The predicted molar refractivity (Wildman–Crippen MR) is 110 cm³/mol. The summed E-state index contributed by atoms with van der Waals surface area (Å²) in [6, 6.07) is 11.1. The van der Waals surface area contributed by atoms with Crippen LogP contribution in [0.2, 0.25) is 0 Å². The van der Waals surface area contributed by atoms with E-state index in [4.69, 9.17) is 4.74 Å². The molecule has 30 heavy (non-hydrogen) atoms. The van der Waals surface area contributed by atoms with Crippen LogP contribution in [0.4, 0.5) is 10.6 Å². The molecule has 8 heteroatoms. The molecule has 2 aromatic rings. The number of amides is 2. The molecule has 1 aromatic carbocycles. The van der Waals surface area contributed by atoms with Gasteiger partial charge in [-0.1, -0.05) is 18.2 Å². The van der Waals surface area contributed by atoms with Crippen LogP contribution in [0.3, 0.4) is 0 Å². The summed E-state index contributed by atoms with van der Waals surface area (Å²) in [4.78, 5) is 40.1. The van der Waals surface area contributed by atoms with Gasteiger partial charge in [-0.15, -0.1) is 0 Å². The van der Waals surface area contributed by atoms with E-state index < -0.39 is 5.60 Å². The van der Waals surface area contributed by atoms with Crippen LogP contribution in [-0.4, -0.2) is 76.1 Å². The molecule has 0 radical (unpaired) electrons. The molecule has 1 unspecified atom stereocenters. The molecule has 1 aromatic heterocycles. The van der Waals surface area contributed by atoms with E-state index in [1.807, 2.05) is 53.1 Å². The maximum atomic E-state index is 13.0. The molecule has 3 fully saturated rings. The van der Waals surface area contributed by atoms with Crippen molar-refractivity contribution in [1.29, 1.82) is 0 Å². The third-order valence-corrected chi connectivity index (χ3v) is 6.52. The number of carbonyl (C=O) groups excluding carboxylic acids is 2. The average molecular weight is 407 g/mol. The molecule has 3 aliphatic heterocycles. The number of rotatable bonds is 2. The Morgan fingerprint density at radius 2 is 1.87 bits per heavy atom. The van der Waals surface area contributed by atoms with Crippen molar-refractivity contribution in [2.45, 2.75) is 31.4 Å². The van der Waals surface area contributed by atoms with Gasteiger partial charge >= 0.3 is 6.09 Å². The van der Waals surface area contributed by atoms with Gasteiger partial charge < -0.3 is 14.5 Å². The standard InChI is InChI=1S/C22H25N5O3/c1-16-23-10-7-19(24-16)25-11-8-22(9-12-25)18-15-26(13-14-27(18)21(29)30-22)20(28)17-5-3-2-4-6-17/h2-7,10,18H,8-9,11-15H2,1H3. The summed E-state index contributed by atoms with van der Waals surface area (Å²) in [7, 11) is 0. The number of anilines is 1. The van der Waals surface area contributed by atoms with Crippen molar-refractivity contribution in [3.63, 3.8) is 0 Å². The largest absolute Gasteiger partial charge is 0.440 e. The van der Waals surface area contributed by atoms with Gasteiger partial charge in [0.15, 0.2) is 0 Å². The Labute approximate surface area is 175 Å². The normalized spacial score (nSPS) is 22.8. The first kappa shape index (κ1) is 18.8. The first-order chi connectivity index (χ1) is 14.6. The molecule has 0 N–H and O–H groups in total. The van der Waals surface area contributed by atoms with Crippen molar-refractivity contribution in [2.75, 3.05) is 37.6 Å². The number of nitrogens with zero attached hydrogens (tertiary/aromatic N) is 5. The van der Waals surface area contributed by atoms with Gasteiger partial charge in [-0.3, -0.25) is 9.69 Å². The van der Waals surface area contributed by atoms with E-state index in [-0.39, 0.29) is 18.0 Å². The lowest BCUT2D eigenvalue weighted by Crippen LogP contribution is -2.61. The van der Waals surface area contributed by atoms with E-state index >= 15 is 0 Å². The Kier molecular flexibility index (Phi) is 4.56. The molecule has 1 atom stereocenters. The Hall–Kier alpha value is -3.16. The zero-order valence-corrected chi connectivity index (χ0v) is 17.0. The van der Waals surface area contributed by atoms with E-state index in [9.17, 15) is 9.59 Å². The molecule has 1 spiro atoms. The number of ether oxygens (including phenoxy) is 1. The quantitative estimate of drug-likeness (QED) is 0.759. The van der Waals surface area contributed by atoms with Gasteiger partial charge in [-0.05, 0) is 25.1 Å². The lowest BCUT2D eigenvalue weighted by molar-refractivity contribution is -0.00320. The second kappa shape index (κ2) is 7.27. The van der Waals surface area contributed by atoms with Crippen LogP contribution < -0.4 is 4.90 Å². The van der Waals surface area contributed by atoms with Crippen LogP contribution in [0.1, 0.15) is 29.0 Å². The fraction of sp³-hybridized carbons (Fsp3) is 0.455. The first-order valence-electron chi connectivity index (χ1n) is 10.4. The van der Waals surface area contributed by atoms with E-state index in [0.29, 0.717) is 25.2 Å². The third-order valence-electron chi connectivity index (χ3n) is 6.52. The first-order valence-corrected chi connectivity index (χ1v) is 10.4. The van der Waals surface area contributed by atoms with E-state index in [0.717, 1.165) is 37.6 Å². The molecule has 2 amide bonds. The summed E-state index contributed by atoms with van der Waals surface area (Å²) in [6.45, 7) is 4.93. The molecule has 0 aliphatic carbocycles. The maximum absolute atomic E-state index is 13.0. The number of aryl methyl sites for hydroxylation is 1. The summed E-state index contributed by atoms with van der Waals surface area (Å²) in [5.41, 5.74) is 0.130. The number of aromatic nitrogens is 2. The number of carbonyl (C=O) groups is 2. The third kappa shape index (κ3) is 3.16. The number of piperazine rings is 1. The summed E-state index contributed by atoms with van der Waals surface area (Å²) in [5, 5.41) is 0. The van der Waals surface area contributed by atoms with Crippen LogP contribution >= 0.6 is 0 Å². The lowest BCUT2D eigenvalue weighted by atomic mass is 9.83. The molecule has 0 saturated carbocycles. The minimum Gasteiger partial charge on any atom is -0.440 e. The Bertz CT molecular complexity index is 958. The van der Waals surface area contributed by atoms with Crippen molar-refractivity contribution >= 4 is 17.8 Å². The van der Waals surface area contributed by atoms with Crippen LogP contribution in [0, 0.1) is 6.92 Å². The molecule has 8 nitrogen and oxygen atoms in total. The fourth-order valence-corrected chi connectivity index (χ4v) is 4.87. The van der Waals surface area contributed by atoms with Crippen molar-refractivity contribution < 1.29 is 14.3 Å². The number of fused-ring (bicyclic) bond motifs is 2. The van der Waals surface area contributed by atoms with Crippen molar-refractivity contribution in [2.24, 2.45) is 0 Å². The molecule has 3 saturated heterocycles. The smallest absolute Gasteiger partial charge is 0.410 e. The van der Waals surface area contributed by atoms with Crippen LogP contribution in [0.5, 0.6) is 0 Å². The highest BCUT2D eigenvalue weighted by atomic mass is 16.6. The molecule has 4 heterocycles. The number of piperidine rings is 1. The minimum atomic E-state index is -0.550. The summed E-state index contributed by atoms with van der Waals surface area (Å²) in [5.74, 6) is 1.66. The minimum absolute atomic E-state index is 0.0126. The Morgan fingerprint density at radius 3 is 2.60 bits per heavy atom. The summed E-state index contributed by atoms with van der Waals surface area (Å²) >= 11 is 0. The van der Waals surface area contributed by atoms with Crippen molar-refractivity contribution in [3.05, 3.63) is 54.0 Å². The highest BCUT2D eigenvalue weighted by Gasteiger charge is 2.57. The van der Waals surface area contributed by atoms with Crippen LogP contribution in [0.15, 0.2) is 42.6 Å². The monoisotopic (exact) mass is 407 g/mol. The molecular formula is C22H25N5O3. The van der Waals surface area contributed by atoms with Gasteiger partial charge in [0.25, 0.3) is 5.91 Å². The average Bonchev–Trinajstić information content (AvgIpc) is 3.05. The van der Waals surface area contributed by atoms with Gasteiger partial charge in [-0.25, -0.2) is 14.8 Å². The van der Waals surface area contributed by atoms with Crippen molar-refractivity contribution in [3.8, 4) is 0 Å². The summed E-state index contributed by atoms with van der Waals surface area (Å²) < 4.78 is 5.97. The van der Waals surface area contributed by atoms with Crippen LogP contribution in [0.25, 0.3) is 0 Å². The highest BCUT2D eigenvalue weighted by Crippen LogP contribution is 2.41. The van der Waals surface area contributed by atoms with E-state index in [1.54, 1.807) is 6.20 Å². The van der Waals surface area contributed by atoms with E-state index in [2.05, 4.69) is 14.9 Å². The predicted octanol–water partition coefficient (Wildman–Crippen LogP) is 2.10. The topological polar surface area (TPSA) is 78.9 Å². The molecule has 5 rings (SSSR count). The number of hydrogen-bond acceptors (Lipinski definition) is 6. The molecule has 3 aliphatic rings. The van der Waals surface area contributed by atoms with Gasteiger partial charge in [0.05, 0.1) is 6.04 Å². The number of benzene rings is 1. The van der Waals surface area contributed by atoms with Gasteiger partial charge in [0.2, 0.25) is 0 Å². The Morgan fingerprint density at radius 1 is 1.10 bits per heavy atom. The SMILES string of the molecule is Cc1nccc(N2CCC3(CC2)OC(=O)N2CCN(C(=O)c4ccccc4)CC23)n1. The lowest BCUT2D eigenvalue weighted by Gasteiger charge is -2.45. The zero-order valence-electron chi connectivity index (χ0n) is 17.0.